The van der Waals surface area contributed by atoms with Gasteiger partial charge < -0.3 is 28.5 Å². The lowest BCUT2D eigenvalue weighted by Crippen LogP contribution is -3.00. The van der Waals surface area contributed by atoms with E-state index in [1.807, 2.05) is 36.4 Å². The van der Waals surface area contributed by atoms with Crippen LogP contribution < -0.4 is 24.0 Å². The molecule has 4 nitrogen and oxygen atoms in total. The van der Waals surface area contributed by atoms with Crippen molar-refractivity contribution in [1.82, 2.24) is 0 Å². The normalized spacial score (nSPS) is 23.4. The minimum absolute atomic E-state index is 0. The predicted molar refractivity (Wildman–Crippen MR) is 90.4 cm³/mol. The standard InChI is InChI=1S/C18H22NO3S.HI/c1-19(13-17(14-19)22-23(2,20)21)18(15-9-5-3-6-10-15)16-11-7-4-8-12-16;/h3-12,17-18H,13-14H2,1-2H3;1H/q+1;/p-1. The fraction of sp³-hybridized carbons (Fsp3) is 0.333. The SMILES string of the molecule is C[N+]1(C(c2ccccc2)c2ccccc2)CC(OS(C)(=O)=O)C1.[I-]. The summed E-state index contributed by atoms with van der Waals surface area (Å²) in [5, 5.41) is 0. The Balaban J connectivity index is 0.00000208. The minimum Gasteiger partial charge on any atom is -1.00 e. The average Bonchev–Trinajstić information content (AvgIpc) is 2.46. The van der Waals surface area contributed by atoms with Crippen LogP contribution in [0.25, 0.3) is 0 Å². The molecule has 2 aromatic carbocycles. The van der Waals surface area contributed by atoms with E-state index in [1.54, 1.807) is 0 Å². The highest BCUT2D eigenvalue weighted by Crippen LogP contribution is 2.39. The van der Waals surface area contributed by atoms with Gasteiger partial charge in [0.2, 0.25) is 0 Å². The molecule has 6 heteroatoms. The Labute approximate surface area is 161 Å². The molecule has 0 spiro atoms. The molecule has 1 aliphatic rings. The van der Waals surface area contributed by atoms with Crippen molar-refractivity contribution in [2.75, 3.05) is 26.4 Å². The van der Waals surface area contributed by atoms with Crippen molar-refractivity contribution in [3.63, 3.8) is 0 Å². The topological polar surface area (TPSA) is 43.4 Å². The maximum absolute atomic E-state index is 11.3. The molecule has 1 saturated heterocycles. The third-order valence-corrected chi connectivity index (χ3v) is 5.03. The van der Waals surface area contributed by atoms with E-state index in [-0.39, 0.29) is 36.1 Å². The molecular weight excluding hydrogens is 437 g/mol. The van der Waals surface area contributed by atoms with Gasteiger partial charge in [-0.15, -0.1) is 0 Å². The van der Waals surface area contributed by atoms with Crippen LogP contribution in [0.4, 0.5) is 0 Å². The molecule has 1 aliphatic heterocycles. The highest BCUT2D eigenvalue weighted by Gasteiger charge is 2.49. The Morgan fingerprint density at radius 3 is 1.75 bits per heavy atom. The molecule has 1 heterocycles. The van der Waals surface area contributed by atoms with Gasteiger partial charge in [-0.25, -0.2) is 0 Å². The lowest BCUT2D eigenvalue weighted by atomic mass is 9.91. The molecule has 0 N–H and O–H groups in total. The molecule has 0 atom stereocenters. The highest BCUT2D eigenvalue weighted by atomic mass is 127. The molecule has 2 aromatic rings. The Morgan fingerprint density at radius 2 is 1.38 bits per heavy atom. The summed E-state index contributed by atoms with van der Waals surface area (Å²) in [4.78, 5) is 0. The first-order chi connectivity index (χ1) is 10.9. The molecule has 130 valence electrons. The second-order valence-electron chi connectivity index (χ2n) is 6.49. The van der Waals surface area contributed by atoms with Gasteiger partial charge in [0.1, 0.15) is 19.1 Å². The van der Waals surface area contributed by atoms with Crippen molar-refractivity contribution in [2.24, 2.45) is 0 Å². The molecule has 24 heavy (non-hydrogen) atoms. The lowest BCUT2D eigenvalue weighted by molar-refractivity contribution is -0.976. The van der Waals surface area contributed by atoms with E-state index in [0.717, 1.165) is 10.7 Å². The largest absolute Gasteiger partial charge is 1.00 e. The summed E-state index contributed by atoms with van der Waals surface area (Å²) in [5.41, 5.74) is 2.47. The van der Waals surface area contributed by atoms with Crippen LogP contribution in [-0.2, 0) is 14.3 Å². The summed E-state index contributed by atoms with van der Waals surface area (Å²) >= 11 is 0. The number of likely N-dealkylation sites (N-methyl/N-ethyl adjacent to an activating group) is 1. The molecule has 0 saturated carbocycles. The van der Waals surface area contributed by atoms with Gasteiger partial charge in [0.05, 0.1) is 13.3 Å². The van der Waals surface area contributed by atoms with Crippen molar-refractivity contribution in [3.8, 4) is 0 Å². The Morgan fingerprint density at radius 1 is 0.958 bits per heavy atom. The summed E-state index contributed by atoms with van der Waals surface area (Å²) in [6, 6.07) is 20.9. The molecule has 0 bridgehead atoms. The van der Waals surface area contributed by atoms with Gasteiger partial charge in [-0.1, -0.05) is 60.7 Å². The molecule has 0 unspecified atom stereocenters. The third kappa shape index (κ3) is 4.36. The van der Waals surface area contributed by atoms with Crippen LogP contribution in [0.3, 0.4) is 0 Å². The maximum atomic E-state index is 11.3. The van der Waals surface area contributed by atoms with Crippen LogP contribution in [0.1, 0.15) is 17.2 Å². The molecule has 0 amide bonds. The second kappa shape index (κ2) is 7.51. The monoisotopic (exact) mass is 459 g/mol. The summed E-state index contributed by atoms with van der Waals surface area (Å²) in [6.07, 6.45) is 0.881. The number of benzene rings is 2. The number of likely N-dealkylation sites (tertiary alicyclic amines) is 1. The number of hydrogen-bond acceptors (Lipinski definition) is 3. The second-order valence-corrected chi connectivity index (χ2v) is 8.09. The van der Waals surface area contributed by atoms with Crippen LogP contribution in [0, 0.1) is 0 Å². The van der Waals surface area contributed by atoms with Crippen LogP contribution in [0.5, 0.6) is 0 Å². The van der Waals surface area contributed by atoms with Crippen molar-refractivity contribution < 1.29 is 41.1 Å². The Bertz CT molecular complexity index is 720. The first-order valence-corrected chi connectivity index (χ1v) is 9.51. The van der Waals surface area contributed by atoms with Gasteiger partial charge in [-0.3, -0.25) is 4.18 Å². The zero-order valence-electron chi connectivity index (χ0n) is 13.8. The highest BCUT2D eigenvalue weighted by molar-refractivity contribution is 7.86. The number of hydrogen-bond donors (Lipinski definition) is 0. The molecular formula is C18H22INO3S. The zero-order chi connectivity index (χ0) is 16.5. The first-order valence-electron chi connectivity index (χ1n) is 7.70. The van der Waals surface area contributed by atoms with Crippen LogP contribution >= 0.6 is 0 Å². The van der Waals surface area contributed by atoms with Crippen LogP contribution in [-0.4, -0.2) is 45.4 Å². The van der Waals surface area contributed by atoms with Crippen molar-refractivity contribution in [3.05, 3.63) is 71.8 Å². The number of rotatable bonds is 5. The predicted octanol–water partition coefficient (Wildman–Crippen LogP) is -0.415. The summed E-state index contributed by atoms with van der Waals surface area (Å²) in [5.74, 6) is 0. The number of nitrogens with zero attached hydrogens (tertiary/aromatic N) is 1. The van der Waals surface area contributed by atoms with E-state index in [2.05, 4.69) is 31.3 Å². The van der Waals surface area contributed by atoms with E-state index in [4.69, 9.17) is 4.18 Å². The fourth-order valence-electron chi connectivity index (χ4n) is 3.58. The van der Waals surface area contributed by atoms with Gasteiger partial charge in [0.15, 0.2) is 6.10 Å². The van der Waals surface area contributed by atoms with Crippen LogP contribution in [0.15, 0.2) is 60.7 Å². The molecule has 0 aliphatic carbocycles. The lowest BCUT2D eigenvalue weighted by Gasteiger charge is -2.51. The van der Waals surface area contributed by atoms with E-state index >= 15 is 0 Å². The molecule has 0 aromatic heterocycles. The average molecular weight is 459 g/mol. The molecule has 0 radical (unpaired) electrons. The van der Waals surface area contributed by atoms with Crippen LogP contribution in [0.2, 0.25) is 0 Å². The van der Waals surface area contributed by atoms with Gasteiger partial charge in [-0.05, 0) is 0 Å². The van der Waals surface area contributed by atoms with Gasteiger partial charge >= 0.3 is 0 Å². The quantitative estimate of drug-likeness (QED) is 0.347. The van der Waals surface area contributed by atoms with Gasteiger partial charge in [0.25, 0.3) is 10.1 Å². The number of halogens is 1. The smallest absolute Gasteiger partial charge is 0.265 e. The van der Waals surface area contributed by atoms with E-state index in [9.17, 15) is 8.42 Å². The van der Waals surface area contributed by atoms with E-state index < -0.39 is 10.1 Å². The van der Waals surface area contributed by atoms with E-state index in [1.165, 1.54) is 11.1 Å². The zero-order valence-corrected chi connectivity index (χ0v) is 16.8. The van der Waals surface area contributed by atoms with Crippen molar-refractivity contribution >= 4 is 10.1 Å². The third-order valence-electron chi connectivity index (χ3n) is 4.41. The number of quaternary nitrogens is 1. The maximum Gasteiger partial charge on any atom is 0.265 e. The Hall–Kier alpha value is -0.960. The summed E-state index contributed by atoms with van der Waals surface area (Å²) in [6.45, 7) is 1.36. The Kier molecular flexibility index (Phi) is 6.06. The minimum atomic E-state index is -3.40. The van der Waals surface area contributed by atoms with Crippen molar-refractivity contribution in [1.29, 1.82) is 0 Å². The van der Waals surface area contributed by atoms with Gasteiger partial charge in [-0.2, -0.15) is 8.42 Å². The summed E-state index contributed by atoms with van der Waals surface area (Å²) < 4.78 is 28.5. The van der Waals surface area contributed by atoms with Gasteiger partial charge in [0, 0.05) is 11.1 Å². The first kappa shape index (κ1) is 19.4. The molecule has 3 rings (SSSR count). The summed E-state index contributed by atoms with van der Waals surface area (Å²) in [7, 11) is -1.24. The van der Waals surface area contributed by atoms with Crippen molar-refractivity contribution in [2.45, 2.75) is 12.1 Å². The van der Waals surface area contributed by atoms with E-state index in [0.29, 0.717) is 13.1 Å². The fourth-order valence-corrected chi connectivity index (χ4v) is 4.19. The molecule has 1 fully saturated rings.